The molecular weight excluding hydrogens is 227 g/mol. The van der Waals surface area contributed by atoms with Crippen molar-refractivity contribution in [2.75, 3.05) is 0 Å². The van der Waals surface area contributed by atoms with Crippen molar-refractivity contribution >= 4 is 5.78 Å². The topological polar surface area (TPSA) is 71.9 Å². The SMILES string of the molecule is O=C(Cn1cc(F)c(=O)[nH]c1=O)C1CCCC1. The summed E-state index contributed by atoms with van der Waals surface area (Å²) >= 11 is 0. The van der Waals surface area contributed by atoms with Crippen molar-refractivity contribution in [1.82, 2.24) is 9.55 Å². The summed E-state index contributed by atoms with van der Waals surface area (Å²) in [5.41, 5.74) is -1.80. The molecule has 1 N–H and O–H groups in total. The second kappa shape index (κ2) is 4.65. The number of hydrogen-bond acceptors (Lipinski definition) is 3. The first kappa shape index (κ1) is 11.8. The Labute approximate surface area is 96.3 Å². The van der Waals surface area contributed by atoms with Crippen LogP contribution >= 0.6 is 0 Å². The van der Waals surface area contributed by atoms with E-state index in [1.807, 2.05) is 4.98 Å². The Bertz CT molecular complexity index is 540. The van der Waals surface area contributed by atoms with Crippen molar-refractivity contribution in [3.05, 3.63) is 32.9 Å². The van der Waals surface area contributed by atoms with E-state index in [0.717, 1.165) is 36.4 Å². The maximum absolute atomic E-state index is 13.0. The molecule has 1 aliphatic carbocycles. The third kappa shape index (κ3) is 2.51. The zero-order chi connectivity index (χ0) is 12.4. The summed E-state index contributed by atoms with van der Waals surface area (Å²) in [4.78, 5) is 35.8. The van der Waals surface area contributed by atoms with Crippen LogP contribution in [0.15, 0.2) is 15.8 Å². The third-order valence-electron chi connectivity index (χ3n) is 3.10. The smallest absolute Gasteiger partial charge is 0.297 e. The Morgan fingerprint density at radius 3 is 2.71 bits per heavy atom. The Kier molecular flexibility index (Phi) is 3.21. The Morgan fingerprint density at radius 1 is 1.41 bits per heavy atom. The molecular formula is C11H13FN2O3. The fraction of sp³-hybridized carbons (Fsp3) is 0.545. The molecule has 0 aromatic carbocycles. The van der Waals surface area contributed by atoms with Gasteiger partial charge in [0.1, 0.15) is 0 Å². The number of carbonyl (C=O) groups excluding carboxylic acids is 1. The summed E-state index contributed by atoms with van der Waals surface area (Å²) in [6, 6.07) is 0. The second-order valence-electron chi connectivity index (χ2n) is 4.31. The molecule has 1 fully saturated rings. The van der Waals surface area contributed by atoms with Gasteiger partial charge in [-0.3, -0.25) is 19.1 Å². The molecule has 0 radical (unpaired) electrons. The molecule has 5 nitrogen and oxygen atoms in total. The van der Waals surface area contributed by atoms with Gasteiger partial charge in [-0.25, -0.2) is 4.79 Å². The van der Waals surface area contributed by atoms with Gasteiger partial charge in [0.05, 0.1) is 12.7 Å². The molecule has 1 heterocycles. The minimum absolute atomic E-state index is 0.0307. The number of aromatic amines is 1. The van der Waals surface area contributed by atoms with Gasteiger partial charge in [0.15, 0.2) is 5.78 Å². The molecule has 0 bridgehead atoms. The first-order chi connectivity index (χ1) is 8.08. The first-order valence-corrected chi connectivity index (χ1v) is 5.60. The van der Waals surface area contributed by atoms with Crippen LogP contribution in [0.25, 0.3) is 0 Å². The molecule has 1 saturated carbocycles. The number of hydrogen-bond donors (Lipinski definition) is 1. The van der Waals surface area contributed by atoms with E-state index in [9.17, 15) is 18.8 Å². The Hall–Kier alpha value is -1.72. The molecule has 2 rings (SSSR count). The lowest BCUT2D eigenvalue weighted by Crippen LogP contribution is -2.34. The minimum Gasteiger partial charge on any atom is -0.297 e. The van der Waals surface area contributed by atoms with E-state index < -0.39 is 17.1 Å². The van der Waals surface area contributed by atoms with Crippen LogP contribution in [-0.4, -0.2) is 15.3 Å². The Balaban J connectivity index is 2.18. The molecule has 0 saturated heterocycles. The number of nitrogens with zero attached hydrogens (tertiary/aromatic N) is 1. The molecule has 1 aromatic rings. The van der Waals surface area contributed by atoms with Gasteiger partial charge < -0.3 is 0 Å². The van der Waals surface area contributed by atoms with Crippen LogP contribution in [0, 0.1) is 11.7 Å². The molecule has 17 heavy (non-hydrogen) atoms. The number of carbonyl (C=O) groups is 1. The largest absolute Gasteiger partial charge is 0.328 e. The number of aromatic nitrogens is 2. The number of Topliss-reactive ketones (excluding diaryl/α,β-unsaturated/α-hetero) is 1. The van der Waals surface area contributed by atoms with Crippen molar-refractivity contribution < 1.29 is 9.18 Å². The van der Waals surface area contributed by atoms with Crippen LogP contribution < -0.4 is 11.2 Å². The lowest BCUT2D eigenvalue weighted by molar-refractivity contribution is -0.123. The zero-order valence-corrected chi connectivity index (χ0v) is 9.24. The average molecular weight is 240 g/mol. The molecule has 1 aromatic heterocycles. The highest BCUT2D eigenvalue weighted by Gasteiger charge is 2.23. The van der Waals surface area contributed by atoms with E-state index in [2.05, 4.69) is 0 Å². The quantitative estimate of drug-likeness (QED) is 0.833. The summed E-state index contributed by atoms with van der Waals surface area (Å²) in [7, 11) is 0. The minimum atomic E-state index is -1.06. The molecule has 0 aliphatic heterocycles. The average Bonchev–Trinajstić information content (AvgIpc) is 2.79. The van der Waals surface area contributed by atoms with E-state index in [0.29, 0.717) is 0 Å². The summed E-state index contributed by atoms with van der Waals surface area (Å²) in [6.45, 7) is -0.169. The number of rotatable bonds is 3. The number of nitrogens with one attached hydrogen (secondary N) is 1. The van der Waals surface area contributed by atoms with Gasteiger partial charge in [-0.2, -0.15) is 4.39 Å². The number of H-pyrrole nitrogens is 1. The molecule has 0 amide bonds. The van der Waals surface area contributed by atoms with Gasteiger partial charge in [0, 0.05) is 5.92 Å². The maximum Gasteiger partial charge on any atom is 0.328 e. The fourth-order valence-corrected chi connectivity index (χ4v) is 2.14. The van der Waals surface area contributed by atoms with Crippen LogP contribution in [0.1, 0.15) is 25.7 Å². The van der Waals surface area contributed by atoms with Crippen LogP contribution in [0.5, 0.6) is 0 Å². The summed E-state index contributed by atoms with van der Waals surface area (Å²) in [6.07, 6.45) is 4.49. The van der Waals surface area contributed by atoms with Gasteiger partial charge in [-0.05, 0) is 12.8 Å². The first-order valence-electron chi connectivity index (χ1n) is 5.60. The van der Waals surface area contributed by atoms with Crippen molar-refractivity contribution in [3.8, 4) is 0 Å². The van der Waals surface area contributed by atoms with E-state index >= 15 is 0 Å². The van der Waals surface area contributed by atoms with Crippen molar-refractivity contribution in [3.63, 3.8) is 0 Å². The van der Waals surface area contributed by atoms with Crippen LogP contribution in [0.2, 0.25) is 0 Å². The second-order valence-corrected chi connectivity index (χ2v) is 4.31. The van der Waals surface area contributed by atoms with E-state index in [1.54, 1.807) is 0 Å². The maximum atomic E-state index is 13.0. The number of ketones is 1. The predicted molar refractivity (Wildman–Crippen MR) is 58.2 cm³/mol. The van der Waals surface area contributed by atoms with Crippen molar-refractivity contribution in [2.45, 2.75) is 32.2 Å². The third-order valence-corrected chi connectivity index (χ3v) is 3.10. The molecule has 0 unspecified atom stereocenters. The highest BCUT2D eigenvalue weighted by atomic mass is 19.1. The number of halogens is 1. The molecule has 6 heteroatoms. The Morgan fingerprint density at radius 2 is 2.06 bits per heavy atom. The summed E-state index contributed by atoms with van der Waals surface area (Å²) in [5.74, 6) is -1.16. The fourth-order valence-electron chi connectivity index (χ4n) is 2.14. The van der Waals surface area contributed by atoms with Gasteiger partial charge >= 0.3 is 5.69 Å². The van der Waals surface area contributed by atoms with E-state index in [4.69, 9.17) is 0 Å². The lowest BCUT2D eigenvalue weighted by atomic mass is 10.0. The van der Waals surface area contributed by atoms with Crippen molar-refractivity contribution in [2.24, 2.45) is 5.92 Å². The molecule has 92 valence electrons. The molecule has 0 spiro atoms. The van der Waals surface area contributed by atoms with E-state index in [-0.39, 0.29) is 18.2 Å². The van der Waals surface area contributed by atoms with Gasteiger partial charge in [-0.1, -0.05) is 12.8 Å². The summed E-state index contributed by atoms with van der Waals surface area (Å²) in [5, 5.41) is 0. The molecule has 1 aliphatic rings. The van der Waals surface area contributed by atoms with Crippen LogP contribution in [0.4, 0.5) is 4.39 Å². The summed E-state index contributed by atoms with van der Waals surface area (Å²) < 4.78 is 13.9. The van der Waals surface area contributed by atoms with Gasteiger partial charge in [0.25, 0.3) is 5.56 Å². The highest BCUT2D eigenvalue weighted by Crippen LogP contribution is 2.25. The lowest BCUT2D eigenvalue weighted by Gasteiger charge is -2.09. The molecule has 0 atom stereocenters. The van der Waals surface area contributed by atoms with E-state index in [1.165, 1.54) is 0 Å². The normalized spacial score (nSPS) is 16.3. The zero-order valence-electron chi connectivity index (χ0n) is 9.24. The monoisotopic (exact) mass is 240 g/mol. The predicted octanol–water partition coefficient (Wildman–Crippen LogP) is 0.435. The van der Waals surface area contributed by atoms with Gasteiger partial charge in [0.2, 0.25) is 5.82 Å². The standard InChI is InChI=1S/C11H13FN2O3/c12-8-5-14(11(17)13-10(8)16)6-9(15)7-3-1-2-4-7/h5,7H,1-4,6H2,(H,13,16,17). The van der Waals surface area contributed by atoms with Crippen LogP contribution in [0.3, 0.4) is 0 Å². The highest BCUT2D eigenvalue weighted by molar-refractivity contribution is 5.81. The van der Waals surface area contributed by atoms with Crippen LogP contribution in [-0.2, 0) is 11.3 Å². The van der Waals surface area contributed by atoms with Crippen molar-refractivity contribution in [1.29, 1.82) is 0 Å². The van der Waals surface area contributed by atoms with Gasteiger partial charge in [-0.15, -0.1) is 0 Å².